The summed E-state index contributed by atoms with van der Waals surface area (Å²) in [5, 5.41) is 0.671. The van der Waals surface area contributed by atoms with Crippen LogP contribution in [0.15, 0.2) is 72.8 Å². The number of methoxy groups -OCH3 is 1. The van der Waals surface area contributed by atoms with E-state index in [1.165, 1.54) is 0 Å². The standard InChI is InChI=1S/C30H33ClO5/c1-5-34-29(30(32)35-6-2)19-22-7-14-26(15-8-22)36-18-17-21(3)23-9-11-24(12-10-23)27-20-25(31)13-16-28(27)33-4/h7-17,20,29H,5-6,18-19H2,1-4H3/b21-17+. The molecule has 0 spiro atoms. The Balaban J connectivity index is 1.58. The lowest BCUT2D eigenvalue weighted by molar-refractivity contribution is -0.156. The Bertz CT molecular complexity index is 1150. The van der Waals surface area contributed by atoms with Gasteiger partial charge in [0, 0.05) is 23.6 Å². The average molecular weight is 509 g/mol. The van der Waals surface area contributed by atoms with Crippen LogP contribution >= 0.6 is 11.6 Å². The molecule has 0 saturated carbocycles. The van der Waals surface area contributed by atoms with Crippen molar-refractivity contribution in [3.63, 3.8) is 0 Å². The first-order chi connectivity index (χ1) is 17.4. The SMILES string of the molecule is CCOC(=O)C(Cc1ccc(OC/C=C(\C)c2ccc(-c3cc(Cl)ccc3OC)cc2)cc1)OCC. The third kappa shape index (κ3) is 7.61. The Morgan fingerprint density at radius 2 is 1.69 bits per heavy atom. The number of benzene rings is 3. The molecule has 0 radical (unpaired) electrons. The van der Waals surface area contributed by atoms with Gasteiger partial charge in [0.15, 0.2) is 6.10 Å². The number of esters is 1. The fourth-order valence-corrected chi connectivity index (χ4v) is 3.95. The van der Waals surface area contributed by atoms with Crippen molar-refractivity contribution in [1.29, 1.82) is 0 Å². The van der Waals surface area contributed by atoms with Crippen molar-refractivity contribution in [3.05, 3.63) is 89.0 Å². The summed E-state index contributed by atoms with van der Waals surface area (Å²) in [6.07, 6.45) is 1.91. The minimum atomic E-state index is -0.598. The monoisotopic (exact) mass is 508 g/mol. The summed E-state index contributed by atoms with van der Waals surface area (Å²) < 4.78 is 22.0. The van der Waals surface area contributed by atoms with Gasteiger partial charge in [0.25, 0.3) is 0 Å². The molecular formula is C30H33ClO5. The predicted octanol–water partition coefficient (Wildman–Crippen LogP) is 7.01. The first-order valence-electron chi connectivity index (χ1n) is 12.1. The Morgan fingerprint density at radius 1 is 0.972 bits per heavy atom. The van der Waals surface area contributed by atoms with Crippen molar-refractivity contribution in [2.45, 2.75) is 33.3 Å². The van der Waals surface area contributed by atoms with Gasteiger partial charge in [-0.15, -0.1) is 0 Å². The number of carbonyl (C=O) groups is 1. The van der Waals surface area contributed by atoms with E-state index >= 15 is 0 Å². The van der Waals surface area contributed by atoms with E-state index in [0.29, 0.717) is 31.3 Å². The van der Waals surface area contributed by atoms with E-state index in [2.05, 4.69) is 37.3 Å². The molecule has 0 heterocycles. The summed E-state index contributed by atoms with van der Waals surface area (Å²) in [6.45, 7) is 6.95. The molecule has 0 aromatic heterocycles. The van der Waals surface area contributed by atoms with Crippen molar-refractivity contribution in [2.75, 3.05) is 26.9 Å². The van der Waals surface area contributed by atoms with Gasteiger partial charge >= 0.3 is 5.97 Å². The second-order valence-corrected chi connectivity index (χ2v) is 8.60. The molecule has 1 atom stereocenters. The highest BCUT2D eigenvalue weighted by atomic mass is 35.5. The molecular weight excluding hydrogens is 476 g/mol. The first-order valence-corrected chi connectivity index (χ1v) is 12.4. The molecule has 190 valence electrons. The van der Waals surface area contributed by atoms with Gasteiger partial charge in [-0.1, -0.05) is 48.0 Å². The lowest BCUT2D eigenvalue weighted by Gasteiger charge is -2.15. The van der Waals surface area contributed by atoms with Gasteiger partial charge in [0.05, 0.1) is 13.7 Å². The maximum atomic E-state index is 12.1. The molecule has 3 aromatic rings. The van der Waals surface area contributed by atoms with Crippen LogP contribution in [0.25, 0.3) is 16.7 Å². The smallest absolute Gasteiger partial charge is 0.335 e. The predicted molar refractivity (Wildman–Crippen MR) is 145 cm³/mol. The molecule has 0 aliphatic heterocycles. The van der Waals surface area contributed by atoms with Crippen LogP contribution in [-0.2, 0) is 20.7 Å². The quantitative estimate of drug-likeness (QED) is 0.246. The summed E-state index contributed by atoms with van der Waals surface area (Å²) in [7, 11) is 1.66. The number of ether oxygens (including phenoxy) is 4. The normalized spacial score (nSPS) is 12.2. The van der Waals surface area contributed by atoms with Crippen LogP contribution in [-0.4, -0.2) is 39.0 Å². The topological polar surface area (TPSA) is 54.0 Å². The summed E-state index contributed by atoms with van der Waals surface area (Å²) >= 11 is 6.18. The van der Waals surface area contributed by atoms with E-state index in [4.69, 9.17) is 30.5 Å². The largest absolute Gasteiger partial charge is 0.496 e. The highest BCUT2D eigenvalue weighted by Gasteiger charge is 2.20. The highest BCUT2D eigenvalue weighted by molar-refractivity contribution is 6.31. The van der Waals surface area contributed by atoms with Gasteiger partial charge in [-0.3, -0.25) is 0 Å². The van der Waals surface area contributed by atoms with Crippen molar-refractivity contribution in [3.8, 4) is 22.6 Å². The number of allylic oxidation sites excluding steroid dienone is 1. The zero-order chi connectivity index (χ0) is 25.9. The van der Waals surface area contributed by atoms with Crippen molar-refractivity contribution < 1.29 is 23.7 Å². The lowest BCUT2D eigenvalue weighted by Crippen LogP contribution is -2.28. The van der Waals surface area contributed by atoms with Crippen LogP contribution in [0.5, 0.6) is 11.5 Å². The first kappa shape index (κ1) is 27.3. The second kappa shape index (κ2) is 13.7. The minimum absolute atomic E-state index is 0.333. The van der Waals surface area contributed by atoms with Gasteiger partial charge in [0.1, 0.15) is 18.1 Å². The van der Waals surface area contributed by atoms with E-state index in [-0.39, 0.29) is 5.97 Å². The average Bonchev–Trinajstić information content (AvgIpc) is 2.89. The molecule has 1 unspecified atom stereocenters. The van der Waals surface area contributed by atoms with Crippen LogP contribution in [0.4, 0.5) is 0 Å². The van der Waals surface area contributed by atoms with Gasteiger partial charge in [-0.05, 0) is 79.4 Å². The van der Waals surface area contributed by atoms with E-state index in [9.17, 15) is 4.79 Å². The lowest BCUT2D eigenvalue weighted by atomic mass is 10.0. The van der Waals surface area contributed by atoms with Crippen LogP contribution < -0.4 is 9.47 Å². The maximum Gasteiger partial charge on any atom is 0.335 e. The second-order valence-electron chi connectivity index (χ2n) is 8.16. The molecule has 5 nitrogen and oxygen atoms in total. The van der Waals surface area contributed by atoms with Gasteiger partial charge in [0.2, 0.25) is 0 Å². The summed E-state index contributed by atoms with van der Waals surface area (Å²) in [5.41, 5.74) is 5.21. The molecule has 3 rings (SSSR count). The van der Waals surface area contributed by atoms with Crippen molar-refractivity contribution in [1.82, 2.24) is 0 Å². The van der Waals surface area contributed by atoms with Crippen LogP contribution in [0.1, 0.15) is 31.9 Å². The molecule has 0 fully saturated rings. The molecule has 6 heteroatoms. The molecule has 0 aliphatic carbocycles. The molecule has 0 bridgehead atoms. The Labute approximate surface area is 218 Å². The van der Waals surface area contributed by atoms with Gasteiger partial charge in [-0.2, -0.15) is 0 Å². The Kier molecular flexibility index (Phi) is 10.4. The summed E-state index contributed by atoms with van der Waals surface area (Å²) in [6, 6.07) is 21.6. The number of hydrogen-bond donors (Lipinski definition) is 0. The van der Waals surface area contributed by atoms with Crippen molar-refractivity contribution in [2.24, 2.45) is 0 Å². The number of halogens is 1. The molecule has 0 saturated heterocycles. The van der Waals surface area contributed by atoms with Crippen LogP contribution in [0, 0.1) is 0 Å². The van der Waals surface area contributed by atoms with E-state index in [1.807, 2.05) is 49.4 Å². The summed E-state index contributed by atoms with van der Waals surface area (Å²) in [4.78, 5) is 12.1. The maximum absolute atomic E-state index is 12.1. The van der Waals surface area contributed by atoms with E-state index in [0.717, 1.165) is 39.3 Å². The van der Waals surface area contributed by atoms with Gasteiger partial charge in [-0.25, -0.2) is 4.79 Å². The zero-order valence-electron chi connectivity index (χ0n) is 21.3. The zero-order valence-corrected chi connectivity index (χ0v) is 22.0. The fraction of sp³-hybridized carbons (Fsp3) is 0.300. The molecule has 0 aliphatic rings. The molecule has 36 heavy (non-hydrogen) atoms. The molecule has 3 aromatic carbocycles. The van der Waals surface area contributed by atoms with Crippen LogP contribution in [0.2, 0.25) is 5.02 Å². The number of carbonyl (C=O) groups excluding carboxylic acids is 1. The molecule has 0 N–H and O–H groups in total. The highest BCUT2D eigenvalue weighted by Crippen LogP contribution is 2.33. The van der Waals surface area contributed by atoms with E-state index in [1.54, 1.807) is 14.0 Å². The van der Waals surface area contributed by atoms with Crippen molar-refractivity contribution >= 4 is 23.1 Å². The number of rotatable bonds is 12. The van der Waals surface area contributed by atoms with E-state index < -0.39 is 6.10 Å². The third-order valence-electron chi connectivity index (χ3n) is 5.71. The van der Waals surface area contributed by atoms with Crippen LogP contribution in [0.3, 0.4) is 0 Å². The fourth-order valence-electron chi connectivity index (χ4n) is 3.78. The Hall–Kier alpha value is -3.28. The third-order valence-corrected chi connectivity index (χ3v) is 5.95. The Morgan fingerprint density at radius 3 is 2.33 bits per heavy atom. The van der Waals surface area contributed by atoms with Gasteiger partial charge < -0.3 is 18.9 Å². The number of hydrogen-bond acceptors (Lipinski definition) is 5. The minimum Gasteiger partial charge on any atom is -0.496 e. The molecule has 0 amide bonds. The summed E-state index contributed by atoms with van der Waals surface area (Å²) in [5.74, 6) is 1.21.